The highest BCUT2D eigenvalue weighted by Crippen LogP contribution is 2.29. The van der Waals surface area contributed by atoms with E-state index in [0.29, 0.717) is 23.7 Å². The zero-order valence-corrected chi connectivity index (χ0v) is 17.9. The van der Waals surface area contributed by atoms with E-state index in [0.717, 1.165) is 23.1 Å². The number of carbonyl (C=O) groups is 1. The molecule has 31 heavy (non-hydrogen) atoms. The third kappa shape index (κ3) is 5.77. The molecule has 0 aliphatic heterocycles. The number of benzene rings is 3. The van der Waals surface area contributed by atoms with Crippen LogP contribution in [0.2, 0.25) is 0 Å². The van der Waals surface area contributed by atoms with Crippen molar-refractivity contribution >= 4 is 28.3 Å². The van der Waals surface area contributed by atoms with Crippen LogP contribution in [0.3, 0.4) is 0 Å². The molecule has 0 amide bonds. The molecule has 0 fully saturated rings. The van der Waals surface area contributed by atoms with Crippen LogP contribution in [-0.2, 0) is 0 Å². The molecule has 0 aliphatic rings. The van der Waals surface area contributed by atoms with Gasteiger partial charge in [0.25, 0.3) is 5.69 Å². The summed E-state index contributed by atoms with van der Waals surface area (Å²) in [6.07, 6.45) is 3.04. The van der Waals surface area contributed by atoms with Gasteiger partial charge in [-0.3, -0.25) is 14.9 Å². The largest absolute Gasteiger partial charge is 0.493 e. The highest BCUT2D eigenvalue weighted by atomic mass is 16.6. The monoisotopic (exact) mass is 418 g/mol. The van der Waals surface area contributed by atoms with Gasteiger partial charge in [-0.25, -0.2) is 0 Å². The van der Waals surface area contributed by atoms with Crippen LogP contribution in [0.4, 0.5) is 5.69 Å². The number of ether oxygens (including phenoxy) is 1. The maximum absolute atomic E-state index is 12.9. The molecule has 3 rings (SSSR count). The molecule has 3 aromatic rings. The van der Waals surface area contributed by atoms with Crippen LogP contribution >= 0.6 is 0 Å². The lowest BCUT2D eigenvalue weighted by molar-refractivity contribution is -0.384. The van der Waals surface area contributed by atoms with Crippen molar-refractivity contribution in [2.45, 2.75) is 6.92 Å². The SMILES string of the molecule is CC(COc1ccc(C(=O)/C=C/c2cccc([N+](=O)[O-])c2)c2ccccc12)CN(C)C. The van der Waals surface area contributed by atoms with E-state index in [2.05, 4.69) is 11.8 Å². The van der Waals surface area contributed by atoms with Crippen LogP contribution in [0, 0.1) is 16.0 Å². The van der Waals surface area contributed by atoms with Crippen molar-refractivity contribution in [1.29, 1.82) is 0 Å². The van der Waals surface area contributed by atoms with Crippen LogP contribution in [0.15, 0.2) is 66.7 Å². The van der Waals surface area contributed by atoms with Gasteiger partial charge in [-0.05, 0) is 43.3 Å². The lowest BCUT2D eigenvalue weighted by Gasteiger charge is -2.18. The first kappa shape index (κ1) is 22.2. The van der Waals surface area contributed by atoms with Gasteiger partial charge in [0.05, 0.1) is 11.5 Å². The number of nitro groups is 1. The molecule has 0 heterocycles. The number of hydrogen-bond donors (Lipinski definition) is 0. The fraction of sp³-hybridized carbons (Fsp3) is 0.240. The third-order valence-electron chi connectivity index (χ3n) is 4.86. The normalized spacial score (nSPS) is 12.4. The summed E-state index contributed by atoms with van der Waals surface area (Å²) in [6.45, 7) is 3.65. The zero-order valence-electron chi connectivity index (χ0n) is 17.9. The molecule has 0 aromatic heterocycles. The van der Waals surface area contributed by atoms with E-state index in [1.807, 2.05) is 44.4 Å². The number of carbonyl (C=O) groups excluding carboxylic acids is 1. The number of nitro benzene ring substituents is 1. The zero-order chi connectivity index (χ0) is 22.4. The number of ketones is 1. The van der Waals surface area contributed by atoms with Gasteiger partial charge in [0.1, 0.15) is 5.75 Å². The summed E-state index contributed by atoms with van der Waals surface area (Å²) >= 11 is 0. The topological polar surface area (TPSA) is 72.7 Å². The van der Waals surface area contributed by atoms with Gasteiger partial charge in [0, 0.05) is 35.5 Å². The van der Waals surface area contributed by atoms with Gasteiger partial charge >= 0.3 is 0 Å². The molecule has 0 aliphatic carbocycles. The summed E-state index contributed by atoms with van der Waals surface area (Å²) in [5, 5.41) is 12.6. The third-order valence-corrected chi connectivity index (χ3v) is 4.86. The maximum atomic E-state index is 12.9. The van der Waals surface area contributed by atoms with Crippen LogP contribution < -0.4 is 4.74 Å². The summed E-state index contributed by atoms with van der Waals surface area (Å²) in [4.78, 5) is 25.5. The Morgan fingerprint density at radius 3 is 2.55 bits per heavy atom. The molecular weight excluding hydrogens is 392 g/mol. The van der Waals surface area contributed by atoms with E-state index in [-0.39, 0.29) is 11.5 Å². The van der Waals surface area contributed by atoms with Gasteiger partial charge in [-0.15, -0.1) is 0 Å². The molecular formula is C25H26N2O4. The van der Waals surface area contributed by atoms with Crippen molar-refractivity contribution in [2.24, 2.45) is 5.92 Å². The van der Waals surface area contributed by atoms with Crippen molar-refractivity contribution in [3.63, 3.8) is 0 Å². The van der Waals surface area contributed by atoms with Crippen LogP contribution in [0.5, 0.6) is 5.75 Å². The van der Waals surface area contributed by atoms with Crippen LogP contribution in [-0.4, -0.2) is 42.9 Å². The number of nitrogens with zero attached hydrogens (tertiary/aromatic N) is 2. The van der Waals surface area contributed by atoms with Gasteiger partial charge in [0.2, 0.25) is 0 Å². The predicted octanol–water partition coefficient (Wildman–Crippen LogP) is 5.22. The molecule has 0 radical (unpaired) electrons. The average Bonchev–Trinajstić information content (AvgIpc) is 2.75. The summed E-state index contributed by atoms with van der Waals surface area (Å²) < 4.78 is 6.06. The molecule has 0 saturated carbocycles. The Morgan fingerprint density at radius 1 is 1.10 bits per heavy atom. The van der Waals surface area contributed by atoms with Crippen LogP contribution in [0.25, 0.3) is 16.8 Å². The first-order chi connectivity index (χ1) is 14.8. The quantitative estimate of drug-likeness (QED) is 0.206. The van der Waals surface area contributed by atoms with E-state index >= 15 is 0 Å². The second-order valence-corrected chi connectivity index (χ2v) is 7.88. The fourth-order valence-corrected chi connectivity index (χ4v) is 3.52. The van der Waals surface area contributed by atoms with Crippen molar-refractivity contribution in [2.75, 3.05) is 27.2 Å². The lowest BCUT2D eigenvalue weighted by atomic mass is 10.00. The standard InChI is InChI=1S/C25H26N2O4/c1-18(16-26(2)3)17-31-25-14-12-22(21-9-4-5-10-23(21)25)24(28)13-11-19-7-6-8-20(15-19)27(29)30/h4-15,18H,16-17H2,1-3H3/b13-11+. The van der Waals surface area contributed by atoms with Crippen molar-refractivity contribution in [1.82, 2.24) is 4.90 Å². The first-order valence-electron chi connectivity index (χ1n) is 10.1. The second-order valence-electron chi connectivity index (χ2n) is 7.88. The average molecular weight is 418 g/mol. The van der Waals surface area contributed by atoms with Gasteiger partial charge in [-0.2, -0.15) is 0 Å². The Hall–Kier alpha value is -3.51. The van der Waals surface area contributed by atoms with Gasteiger partial charge < -0.3 is 9.64 Å². The Morgan fingerprint density at radius 2 is 1.84 bits per heavy atom. The molecule has 1 atom stereocenters. The smallest absolute Gasteiger partial charge is 0.270 e. The van der Waals surface area contributed by atoms with E-state index in [1.165, 1.54) is 18.2 Å². The number of rotatable bonds is 9. The van der Waals surface area contributed by atoms with E-state index in [1.54, 1.807) is 24.3 Å². The number of non-ortho nitro benzene ring substituents is 1. The Kier molecular flexibility index (Phi) is 7.15. The fourth-order valence-electron chi connectivity index (χ4n) is 3.52. The highest BCUT2D eigenvalue weighted by Gasteiger charge is 2.13. The van der Waals surface area contributed by atoms with Crippen LogP contribution in [0.1, 0.15) is 22.8 Å². The molecule has 0 N–H and O–H groups in total. The predicted molar refractivity (Wildman–Crippen MR) is 124 cm³/mol. The first-order valence-corrected chi connectivity index (χ1v) is 10.1. The summed E-state index contributed by atoms with van der Waals surface area (Å²) in [6, 6.07) is 17.4. The molecule has 6 heteroatoms. The highest BCUT2D eigenvalue weighted by molar-refractivity contribution is 6.15. The summed E-state index contributed by atoms with van der Waals surface area (Å²) in [7, 11) is 4.07. The Bertz CT molecular complexity index is 1120. The van der Waals surface area contributed by atoms with E-state index in [9.17, 15) is 14.9 Å². The lowest BCUT2D eigenvalue weighted by Crippen LogP contribution is -2.24. The molecule has 6 nitrogen and oxygen atoms in total. The minimum Gasteiger partial charge on any atom is -0.493 e. The van der Waals surface area contributed by atoms with Gasteiger partial charge in [0.15, 0.2) is 5.78 Å². The molecule has 3 aromatic carbocycles. The van der Waals surface area contributed by atoms with Crippen molar-refractivity contribution in [3.05, 3.63) is 88.0 Å². The second kappa shape index (κ2) is 10.00. The van der Waals surface area contributed by atoms with Crippen molar-refractivity contribution in [3.8, 4) is 5.75 Å². The van der Waals surface area contributed by atoms with E-state index in [4.69, 9.17) is 4.74 Å². The number of allylic oxidation sites excluding steroid dienone is 1. The molecule has 0 saturated heterocycles. The summed E-state index contributed by atoms with van der Waals surface area (Å²) in [5.74, 6) is 0.948. The molecule has 0 spiro atoms. The maximum Gasteiger partial charge on any atom is 0.270 e. The summed E-state index contributed by atoms with van der Waals surface area (Å²) in [5.41, 5.74) is 1.15. The van der Waals surface area contributed by atoms with E-state index < -0.39 is 4.92 Å². The molecule has 0 bridgehead atoms. The molecule has 160 valence electrons. The molecule has 1 unspecified atom stereocenters. The Labute approximate surface area is 181 Å². The Balaban J connectivity index is 1.83. The minimum absolute atomic E-state index is 0.00922. The number of fused-ring (bicyclic) bond motifs is 1. The van der Waals surface area contributed by atoms with Crippen molar-refractivity contribution < 1.29 is 14.5 Å². The number of hydrogen-bond acceptors (Lipinski definition) is 5. The minimum atomic E-state index is -0.454. The van der Waals surface area contributed by atoms with Gasteiger partial charge in [-0.1, -0.05) is 49.4 Å².